The molecular formula is C30H31N4O6+. The lowest BCUT2D eigenvalue weighted by molar-refractivity contribution is -0.915. The maximum atomic E-state index is 14.4. The molecule has 6 rings (SSSR count). The van der Waals surface area contributed by atoms with E-state index in [4.69, 9.17) is 4.74 Å². The number of rotatable bonds is 6. The minimum Gasteiger partial charge on any atom is -0.504 e. The molecule has 2 aromatic carbocycles. The highest BCUT2D eigenvalue weighted by molar-refractivity contribution is 6.30. The van der Waals surface area contributed by atoms with Gasteiger partial charge in [-0.05, 0) is 42.3 Å². The molecule has 206 valence electrons. The van der Waals surface area contributed by atoms with Crippen molar-refractivity contribution in [3.63, 3.8) is 0 Å². The van der Waals surface area contributed by atoms with Crippen LogP contribution < -0.4 is 25.4 Å². The molecule has 0 spiro atoms. The summed E-state index contributed by atoms with van der Waals surface area (Å²) >= 11 is 0. The van der Waals surface area contributed by atoms with E-state index in [1.807, 2.05) is 10.6 Å². The minimum atomic E-state index is -1.59. The number of likely N-dealkylation sites (tertiary alicyclic amines) is 1. The second-order valence-corrected chi connectivity index (χ2v) is 11.0. The number of quaternary nitrogens is 1. The number of nitrogens with zero attached hydrogens (tertiary/aromatic N) is 2. The van der Waals surface area contributed by atoms with Crippen molar-refractivity contribution in [1.82, 2.24) is 9.88 Å². The first-order valence-electron chi connectivity index (χ1n) is 13.4. The number of anilines is 1. The summed E-state index contributed by atoms with van der Waals surface area (Å²) in [6.07, 6.45) is 0.962. The number of amides is 4. The number of hydrogen-bond donors (Lipinski definition) is 3. The Balaban J connectivity index is 1.39. The van der Waals surface area contributed by atoms with E-state index in [0.717, 1.165) is 21.9 Å². The molecule has 4 heterocycles. The van der Waals surface area contributed by atoms with Gasteiger partial charge in [0.05, 0.1) is 25.9 Å². The Labute approximate surface area is 230 Å². The van der Waals surface area contributed by atoms with Crippen molar-refractivity contribution in [2.45, 2.75) is 25.3 Å². The third-order valence-electron chi connectivity index (χ3n) is 8.46. The van der Waals surface area contributed by atoms with Crippen molar-refractivity contribution in [3.8, 4) is 11.5 Å². The van der Waals surface area contributed by atoms with Gasteiger partial charge in [0.15, 0.2) is 16.9 Å². The Kier molecular flexibility index (Phi) is 6.42. The molecule has 2 bridgehead atoms. The first-order chi connectivity index (χ1) is 19.3. The maximum Gasteiger partial charge on any atom is 0.335 e. The summed E-state index contributed by atoms with van der Waals surface area (Å²) in [5, 5.41) is 12.6. The van der Waals surface area contributed by atoms with Crippen molar-refractivity contribution in [3.05, 3.63) is 88.3 Å². The number of nitrogens with one attached hydrogen (secondary N) is 2. The van der Waals surface area contributed by atoms with Crippen molar-refractivity contribution in [2.75, 3.05) is 31.6 Å². The summed E-state index contributed by atoms with van der Waals surface area (Å²) in [7, 11) is 1.43. The van der Waals surface area contributed by atoms with Gasteiger partial charge in [-0.25, -0.2) is 9.69 Å². The van der Waals surface area contributed by atoms with Crippen molar-refractivity contribution >= 4 is 23.5 Å². The number of benzene rings is 2. The molecule has 0 aliphatic carbocycles. The smallest absolute Gasteiger partial charge is 0.335 e. The van der Waals surface area contributed by atoms with Crippen LogP contribution in [0.2, 0.25) is 0 Å². The molecule has 0 saturated carbocycles. The second kappa shape index (κ2) is 9.95. The number of barbiturate groups is 1. The Morgan fingerprint density at radius 1 is 1.02 bits per heavy atom. The number of methoxy groups -OCH3 is 1. The highest BCUT2D eigenvalue weighted by Gasteiger charge is 2.57. The van der Waals surface area contributed by atoms with Gasteiger partial charge in [-0.3, -0.25) is 19.7 Å². The molecule has 3 aliphatic heterocycles. The number of fused-ring (bicyclic) bond motifs is 4. The first-order valence-corrected chi connectivity index (χ1v) is 13.4. The van der Waals surface area contributed by atoms with Crippen molar-refractivity contribution in [1.29, 1.82) is 0 Å². The largest absolute Gasteiger partial charge is 0.504 e. The fourth-order valence-corrected chi connectivity index (χ4v) is 6.73. The van der Waals surface area contributed by atoms with E-state index in [-0.39, 0.29) is 41.9 Å². The van der Waals surface area contributed by atoms with E-state index in [9.17, 15) is 24.3 Å². The first kappa shape index (κ1) is 25.8. The van der Waals surface area contributed by atoms with Gasteiger partial charge in [-0.2, -0.15) is 0 Å². The lowest BCUT2D eigenvalue weighted by Gasteiger charge is -2.45. The maximum absolute atomic E-state index is 14.4. The zero-order chi connectivity index (χ0) is 28.0. The normalized spacial score (nSPS) is 25.8. The second-order valence-electron chi connectivity index (χ2n) is 11.0. The van der Waals surface area contributed by atoms with Gasteiger partial charge in [0.1, 0.15) is 6.54 Å². The van der Waals surface area contributed by atoms with Crippen LogP contribution in [0, 0.1) is 11.3 Å². The number of piperidine rings is 1. The number of carbonyl (C=O) groups is 3. The average molecular weight is 544 g/mol. The predicted octanol–water partition coefficient (Wildman–Crippen LogP) is 1.08. The van der Waals surface area contributed by atoms with Crippen LogP contribution in [0.25, 0.3) is 0 Å². The van der Waals surface area contributed by atoms with Crippen LogP contribution in [0.15, 0.2) is 71.5 Å². The predicted molar refractivity (Wildman–Crippen MR) is 145 cm³/mol. The standard InChI is InChI=1S/C30H30N4O6/c1-40-25-13-19(10-11-24(25)35)14-30(27(37)31-29(39)34(28(30)38)22-6-3-2-4-7-22)18-32-15-20-12-21(17-32)23-8-5-9-26(36)33(23)16-20/h2-11,13,20-21,35H,12,14-18H2,1H3,(H,31,37,39)/p+1/t20-,21+,30-/m1/s1. The van der Waals surface area contributed by atoms with Gasteiger partial charge >= 0.3 is 6.03 Å². The number of aromatic nitrogens is 1. The molecule has 3 aromatic rings. The Bertz CT molecular complexity index is 1550. The third kappa shape index (κ3) is 4.34. The molecule has 4 amide bonds. The van der Waals surface area contributed by atoms with Crippen LogP contribution in [0.5, 0.6) is 11.5 Å². The number of para-hydroxylation sites is 1. The Hall–Kier alpha value is -4.44. The lowest BCUT2D eigenvalue weighted by Crippen LogP contribution is -3.16. The summed E-state index contributed by atoms with van der Waals surface area (Å²) in [5.41, 5.74) is 0.382. The summed E-state index contributed by atoms with van der Waals surface area (Å²) < 4.78 is 7.13. The number of aromatic hydroxyl groups is 1. The van der Waals surface area contributed by atoms with Crippen LogP contribution in [0.4, 0.5) is 10.5 Å². The monoisotopic (exact) mass is 543 g/mol. The van der Waals surface area contributed by atoms with Crippen molar-refractivity contribution < 1.29 is 29.1 Å². The van der Waals surface area contributed by atoms with E-state index in [0.29, 0.717) is 30.9 Å². The lowest BCUT2D eigenvalue weighted by atomic mass is 9.75. The number of imide groups is 2. The van der Waals surface area contributed by atoms with Gasteiger partial charge in [0.25, 0.3) is 11.5 Å². The molecule has 4 atom stereocenters. The van der Waals surface area contributed by atoms with Gasteiger partial charge in [0.2, 0.25) is 5.91 Å². The highest BCUT2D eigenvalue weighted by atomic mass is 16.5. The van der Waals surface area contributed by atoms with E-state index in [2.05, 4.69) is 5.32 Å². The molecule has 1 unspecified atom stereocenters. The van der Waals surface area contributed by atoms with Gasteiger partial charge in [-0.1, -0.05) is 30.3 Å². The molecule has 1 aromatic heterocycles. The van der Waals surface area contributed by atoms with Gasteiger partial charge < -0.3 is 19.3 Å². The molecule has 3 N–H and O–H groups in total. The number of urea groups is 1. The molecule has 10 nitrogen and oxygen atoms in total. The molecule has 2 fully saturated rings. The topological polar surface area (TPSA) is 122 Å². The average Bonchev–Trinajstić information content (AvgIpc) is 2.94. The molecule has 2 saturated heterocycles. The minimum absolute atomic E-state index is 0.00718. The third-order valence-corrected chi connectivity index (χ3v) is 8.46. The number of phenolic OH excluding ortho intramolecular Hbond substituents is 1. The molecule has 3 aliphatic rings. The zero-order valence-electron chi connectivity index (χ0n) is 22.1. The molecule has 0 radical (unpaired) electrons. The summed E-state index contributed by atoms with van der Waals surface area (Å²) in [4.78, 5) is 55.8. The number of pyridine rings is 1. The summed E-state index contributed by atoms with van der Waals surface area (Å²) in [6.45, 7) is 2.12. The fraction of sp³-hybridized carbons (Fsp3) is 0.333. The van der Waals surface area contributed by atoms with Crippen molar-refractivity contribution in [2.24, 2.45) is 11.3 Å². The Morgan fingerprint density at radius 2 is 1.82 bits per heavy atom. The molecular weight excluding hydrogens is 512 g/mol. The quantitative estimate of drug-likeness (QED) is 0.400. The zero-order valence-corrected chi connectivity index (χ0v) is 22.1. The highest BCUT2D eigenvalue weighted by Crippen LogP contribution is 2.36. The van der Waals surface area contributed by atoms with E-state index in [1.165, 1.54) is 13.2 Å². The van der Waals surface area contributed by atoms with Gasteiger partial charge in [-0.15, -0.1) is 0 Å². The van der Waals surface area contributed by atoms with Crippen LogP contribution in [-0.4, -0.2) is 54.3 Å². The number of ether oxygens (including phenoxy) is 1. The van der Waals surface area contributed by atoms with E-state index in [1.54, 1.807) is 54.6 Å². The van der Waals surface area contributed by atoms with E-state index < -0.39 is 23.3 Å². The van der Waals surface area contributed by atoms with E-state index >= 15 is 0 Å². The van der Waals surface area contributed by atoms with Gasteiger partial charge in [0, 0.05) is 36.6 Å². The number of carbonyl (C=O) groups excluding carboxylic acids is 3. The fourth-order valence-electron chi connectivity index (χ4n) is 6.73. The SMILES string of the molecule is COc1cc(C[C@@]2(C[NH+]3C[C@H]4C[C@@H](C3)c3cccc(=O)n3C4)C(=O)NC(=O)N(c3ccccc3)C2=O)ccc1O. The van der Waals surface area contributed by atoms with Crippen LogP contribution >= 0.6 is 0 Å². The van der Waals surface area contributed by atoms with Crippen LogP contribution in [0.3, 0.4) is 0 Å². The molecule has 10 heteroatoms. The molecule has 40 heavy (non-hydrogen) atoms. The summed E-state index contributed by atoms with van der Waals surface area (Å²) in [6, 6.07) is 17.9. The number of hydrogen-bond acceptors (Lipinski definition) is 6. The number of phenols is 1. The van der Waals surface area contributed by atoms with Crippen LogP contribution in [-0.2, 0) is 22.6 Å². The summed E-state index contributed by atoms with van der Waals surface area (Å²) in [5.74, 6) is -0.698. The Morgan fingerprint density at radius 3 is 2.60 bits per heavy atom. The van der Waals surface area contributed by atoms with Crippen LogP contribution in [0.1, 0.15) is 23.6 Å².